The third-order valence-electron chi connectivity index (χ3n) is 3.95. The molecule has 1 aromatic rings. The molecule has 0 amide bonds. The minimum atomic E-state index is 0.196. The number of hydrogen-bond donors (Lipinski definition) is 2. The van der Waals surface area contributed by atoms with E-state index in [1.807, 2.05) is 0 Å². The van der Waals surface area contributed by atoms with Crippen LogP contribution < -0.4 is 11.1 Å². The summed E-state index contributed by atoms with van der Waals surface area (Å²) in [6.07, 6.45) is 6.14. The smallest absolute Gasteiger partial charge is 0.0307 e. The standard InChI is InChI=1S/C15H24N2/c1-13-5-4-6-14(11-13)7-9-15(12-16)8-2-3-10-17-15/h4-6,11,17H,2-3,7-10,12,16H2,1H3. The number of rotatable bonds is 4. The van der Waals surface area contributed by atoms with Crippen LogP contribution in [0.15, 0.2) is 24.3 Å². The van der Waals surface area contributed by atoms with Gasteiger partial charge >= 0.3 is 0 Å². The summed E-state index contributed by atoms with van der Waals surface area (Å²) in [5.74, 6) is 0. The van der Waals surface area contributed by atoms with Crippen molar-refractivity contribution in [1.29, 1.82) is 0 Å². The van der Waals surface area contributed by atoms with Gasteiger partial charge in [0.2, 0.25) is 0 Å². The van der Waals surface area contributed by atoms with Crippen LogP contribution in [0.1, 0.15) is 36.8 Å². The first-order chi connectivity index (χ1) is 8.24. The second-order valence-corrected chi connectivity index (χ2v) is 5.36. The molecule has 2 heteroatoms. The van der Waals surface area contributed by atoms with Gasteiger partial charge in [0.05, 0.1) is 0 Å². The monoisotopic (exact) mass is 232 g/mol. The van der Waals surface area contributed by atoms with Crippen LogP contribution in [-0.4, -0.2) is 18.6 Å². The zero-order chi connectivity index (χ0) is 12.1. The van der Waals surface area contributed by atoms with Gasteiger partial charge in [-0.25, -0.2) is 0 Å². The Hall–Kier alpha value is -0.860. The van der Waals surface area contributed by atoms with Crippen LogP contribution in [0.5, 0.6) is 0 Å². The van der Waals surface area contributed by atoms with Crippen LogP contribution in [0.3, 0.4) is 0 Å². The second kappa shape index (κ2) is 5.65. The van der Waals surface area contributed by atoms with Crippen molar-refractivity contribution in [3.8, 4) is 0 Å². The zero-order valence-electron chi connectivity index (χ0n) is 10.8. The number of benzene rings is 1. The minimum absolute atomic E-state index is 0.196. The summed E-state index contributed by atoms with van der Waals surface area (Å²) in [6.45, 7) is 4.05. The van der Waals surface area contributed by atoms with Gasteiger partial charge in [0.15, 0.2) is 0 Å². The molecule has 1 aliphatic rings. The van der Waals surface area contributed by atoms with Crippen molar-refractivity contribution in [3.05, 3.63) is 35.4 Å². The van der Waals surface area contributed by atoms with Gasteiger partial charge in [0.1, 0.15) is 0 Å². The Morgan fingerprint density at radius 2 is 2.24 bits per heavy atom. The maximum atomic E-state index is 5.97. The predicted molar refractivity (Wildman–Crippen MR) is 73.1 cm³/mol. The Labute approximate surface area is 105 Å². The third-order valence-corrected chi connectivity index (χ3v) is 3.95. The fourth-order valence-electron chi connectivity index (χ4n) is 2.77. The molecule has 2 rings (SSSR count). The van der Waals surface area contributed by atoms with E-state index in [-0.39, 0.29) is 5.54 Å². The fourth-order valence-corrected chi connectivity index (χ4v) is 2.77. The summed E-state index contributed by atoms with van der Waals surface area (Å²) in [6, 6.07) is 8.81. The molecule has 1 atom stereocenters. The Morgan fingerprint density at radius 1 is 1.35 bits per heavy atom. The highest BCUT2D eigenvalue weighted by Crippen LogP contribution is 2.24. The van der Waals surface area contributed by atoms with Crippen molar-refractivity contribution in [1.82, 2.24) is 5.32 Å². The topological polar surface area (TPSA) is 38.0 Å². The molecule has 1 fully saturated rings. The van der Waals surface area contributed by atoms with Gasteiger partial charge in [0, 0.05) is 12.1 Å². The van der Waals surface area contributed by atoms with Gasteiger partial charge in [0.25, 0.3) is 0 Å². The molecule has 0 saturated carbocycles. The van der Waals surface area contributed by atoms with E-state index in [0.29, 0.717) is 0 Å². The first-order valence-corrected chi connectivity index (χ1v) is 6.75. The van der Waals surface area contributed by atoms with Gasteiger partial charge in [-0.1, -0.05) is 36.2 Å². The molecule has 1 heterocycles. The quantitative estimate of drug-likeness (QED) is 0.836. The molecule has 3 N–H and O–H groups in total. The predicted octanol–water partition coefficient (Wildman–Crippen LogP) is 2.40. The number of aryl methyl sites for hydroxylation is 2. The van der Waals surface area contributed by atoms with Crippen molar-refractivity contribution in [2.24, 2.45) is 5.73 Å². The van der Waals surface area contributed by atoms with E-state index < -0.39 is 0 Å². The van der Waals surface area contributed by atoms with E-state index in [0.717, 1.165) is 25.9 Å². The SMILES string of the molecule is Cc1cccc(CCC2(CN)CCCCN2)c1. The van der Waals surface area contributed by atoms with E-state index in [1.54, 1.807) is 0 Å². The Bertz CT molecular complexity index is 354. The molecule has 1 saturated heterocycles. The average molecular weight is 232 g/mol. The lowest BCUT2D eigenvalue weighted by Gasteiger charge is -2.37. The van der Waals surface area contributed by atoms with Crippen molar-refractivity contribution in [2.75, 3.05) is 13.1 Å². The molecule has 1 unspecified atom stereocenters. The molecule has 1 aliphatic heterocycles. The summed E-state index contributed by atoms with van der Waals surface area (Å²) in [7, 11) is 0. The van der Waals surface area contributed by atoms with Crippen molar-refractivity contribution < 1.29 is 0 Å². The molecule has 2 nitrogen and oxygen atoms in total. The van der Waals surface area contributed by atoms with Gasteiger partial charge in [-0.2, -0.15) is 0 Å². The zero-order valence-corrected chi connectivity index (χ0v) is 10.8. The van der Waals surface area contributed by atoms with E-state index in [9.17, 15) is 0 Å². The fraction of sp³-hybridized carbons (Fsp3) is 0.600. The maximum Gasteiger partial charge on any atom is 0.0307 e. The van der Waals surface area contributed by atoms with Gasteiger partial charge in [-0.05, 0) is 44.7 Å². The summed E-state index contributed by atoms with van der Waals surface area (Å²) in [5.41, 5.74) is 8.95. The lowest BCUT2D eigenvalue weighted by molar-refractivity contribution is 0.245. The van der Waals surface area contributed by atoms with E-state index in [4.69, 9.17) is 5.73 Å². The van der Waals surface area contributed by atoms with Gasteiger partial charge in [-0.3, -0.25) is 0 Å². The normalized spacial score (nSPS) is 24.8. The summed E-state index contributed by atoms with van der Waals surface area (Å²) >= 11 is 0. The molecular formula is C15H24N2. The van der Waals surface area contributed by atoms with Gasteiger partial charge in [-0.15, -0.1) is 0 Å². The van der Waals surface area contributed by atoms with Crippen molar-refractivity contribution in [2.45, 2.75) is 44.6 Å². The summed E-state index contributed by atoms with van der Waals surface area (Å²) in [5, 5.41) is 3.64. The number of nitrogens with two attached hydrogens (primary N) is 1. The van der Waals surface area contributed by atoms with Crippen LogP contribution in [0.4, 0.5) is 0 Å². The molecule has 0 spiro atoms. The molecule has 94 valence electrons. The first-order valence-electron chi connectivity index (χ1n) is 6.75. The van der Waals surface area contributed by atoms with Crippen LogP contribution in [0, 0.1) is 6.92 Å². The Balaban J connectivity index is 1.95. The third kappa shape index (κ3) is 3.30. The van der Waals surface area contributed by atoms with Crippen LogP contribution in [-0.2, 0) is 6.42 Å². The van der Waals surface area contributed by atoms with Crippen molar-refractivity contribution >= 4 is 0 Å². The molecule has 0 aromatic heterocycles. The number of piperidine rings is 1. The van der Waals surface area contributed by atoms with Crippen LogP contribution in [0.2, 0.25) is 0 Å². The van der Waals surface area contributed by atoms with E-state index in [2.05, 4.69) is 36.5 Å². The van der Waals surface area contributed by atoms with Crippen LogP contribution >= 0.6 is 0 Å². The largest absolute Gasteiger partial charge is 0.329 e. The van der Waals surface area contributed by atoms with E-state index >= 15 is 0 Å². The molecule has 17 heavy (non-hydrogen) atoms. The highest BCUT2D eigenvalue weighted by atomic mass is 15.0. The maximum absolute atomic E-state index is 5.97. The molecule has 0 aliphatic carbocycles. The van der Waals surface area contributed by atoms with Gasteiger partial charge < -0.3 is 11.1 Å². The van der Waals surface area contributed by atoms with Crippen molar-refractivity contribution in [3.63, 3.8) is 0 Å². The lowest BCUT2D eigenvalue weighted by Crippen LogP contribution is -2.54. The average Bonchev–Trinajstić information content (AvgIpc) is 2.38. The second-order valence-electron chi connectivity index (χ2n) is 5.36. The highest BCUT2D eigenvalue weighted by molar-refractivity contribution is 5.22. The highest BCUT2D eigenvalue weighted by Gasteiger charge is 2.29. The Kier molecular flexibility index (Phi) is 4.19. The number of nitrogens with one attached hydrogen (secondary N) is 1. The molecule has 0 radical (unpaired) electrons. The molecular weight excluding hydrogens is 208 g/mol. The Morgan fingerprint density at radius 3 is 2.88 bits per heavy atom. The molecule has 0 bridgehead atoms. The minimum Gasteiger partial charge on any atom is -0.329 e. The van der Waals surface area contributed by atoms with Crippen LogP contribution in [0.25, 0.3) is 0 Å². The lowest BCUT2D eigenvalue weighted by atomic mass is 9.83. The summed E-state index contributed by atoms with van der Waals surface area (Å²) < 4.78 is 0. The first kappa shape index (κ1) is 12.6. The molecule has 1 aromatic carbocycles. The van der Waals surface area contributed by atoms with E-state index in [1.165, 1.54) is 30.4 Å². The summed E-state index contributed by atoms with van der Waals surface area (Å²) in [4.78, 5) is 0. The number of hydrogen-bond acceptors (Lipinski definition) is 2.